The van der Waals surface area contributed by atoms with Crippen molar-refractivity contribution >= 4 is 11.8 Å². The second kappa shape index (κ2) is 4.38. The average Bonchev–Trinajstić information content (AvgIpc) is 3.03. The average molecular weight is 262 g/mol. The van der Waals surface area contributed by atoms with Crippen molar-refractivity contribution in [3.63, 3.8) is 0 Å². The van der Waals surface area contributed by atoms with Gasteiger partial charge in [-0.05, 0) is 6.42 Å². The molecule has 0 saturated heterocycles. The molecule has 100 valence electrons. The van der Waals surface area contributed by atoms with E-state index in [1.54, 1.807) is 15.6 Å². The molecule has 8 nitrogen and oxygen atoms in total. The molecule has 0 radical (unpaired) electrons. The van der Waals surface area contributed by atoms with Gasteiger partial charge in [-0.25, -0.2) is 9.48 Å². The Morgan fingerprint density at radius 1 is 1.58 bits per heavy atom. The highest BCUT2D eigenvalue weighted by Crippen LogP contribution is 2.30. The van der Waals surface area contributed by atoms with Gasteiger partial charge in [0.1, 0.15) is 0 Å². The molecule has 0 amide bonds. The minimum Gasteiger partial charge on any atom is -0.464 e. The summed E-state index contributed by atoms with van der Waals surface area (Å²) in [5.74, 6) is 0.118. The molecule has 1 aliphatic rings. The van der Waals surface area contributed by atoms with Crippen LogP contribution in [0.1, 0.15) is 28.5 Å². The van der Waals surface area contributed by atoms with Crippen LogP contribution < -0.4 is 5.32 Å². The number of esters is 1. The van der Waals surface area contributed by atoms with Gasteiger partial charge in [-0.2, -0.15) is 5.10 Å². The summed E-state index contributed by atoms with van der Waals surface area (Å²) in [6, 6.07) is 0.0378. The zero-order valence-corrected chi connectivity index (χ0v) is 10.7. The normalized spacial score (nSPS) is 17.7. The molecule has 3 heterocycles. The van der Waals surface area contributed by atoms with Crippen molar-refractivity contribution in [1.29, 1.82) is 0 Å². The fourth-order valence-corrected chi connectivity index (χ4v) is 2.28. The Morgan fingerprint density at radius 2 is 2.42 bits per heavy atom. The molecule has 0 spiro atoms. The third kappa shape index (κ3) is 1.85. The SMILES string of the molecule is COC(=O)c1nnn2c1NCCC2c1cnn(C)c1. The Kier molecular flexibility index (Phi) is 2.69. The Bertz CT molecular complexity index is 616. The lowest BCUT2D eigenvalue weighted by Crippen LogP contribution is -2.25. The number of methoxy groups -OCH3 is 1. The van der Waals surface area contributed by atoms with Crippen LogP contribution in [-0.4, -0.2) is 44.4 Å². The Hall–Kier alpha value is -2.38. The predicted molar refractivity (Wildman–Crippen MR) is 65.8 cm³/mol. The molecule has 1 aliphatic heterocycles. The number of aromatic nitrogens is 5. The van der Waals surface area contributed by atoms with Gasteiger partial charge in [-0.1, -0.05) is 5.21 Å². The number of hydrogen-bond acceptors (Lipinski definition) is 6. The minimum atomic E-state index is -0.486. The number of hydrogen-bond donors (Lipinski definition) is 1. The summed E-state index contributed by atoms with van der Waals surface area (Å²) >= 11 is 0. The number of carbonyl (C=O) groups excluding carboxylic acids is 1. The van der Waals surface area contributed by atoms with E-state index in [0.717, 1.165) is 18.5 Å². The van der Waals surface area contributed by atoms with Gasteiger partial charge in [0.15, 0.2) is 5.82 Å². The zero-order valence-electron chi connectivity index (χ0n) is 10.7. The Morgan fingerprint density at radius 3 is 3.11 bits per heavy atom. The van der Waals surface area contributed by atoms with E-state index in [1.807, 2.05) is 13.2 Å². The fourth-order valence-electron chi connectivity index (χ4n) is 2.28. The summed E-state index contributed by atoms with van der Waals surface area (Å²) < 4.78 is 8.15. The molecule has 0 aliphatic carbocycles. The van der Waals surface area contributed by atoms with Gasteiger partial charge >= 0.3 is 5.97 Å². The highest BCUT2D eigenvalue weighted by molar-refractivity contribution is 5.92. The number of ether oxygens (including phenoxy) is 1. The second-order valence-electron chi connectivity index (χ2n) is 4.40. The van der Waals surface area contributed by atoms with Crippen LogP contribution in [-0.2, 0) is 11.8 Å². The molecule has 0 aromatic carbocycles. The van der Waals surface area contributed by atoms with Crippen LogP contribution >= 0.6 is 0 Å². The summed E-state index contributed by atoms with van der Waals surface area (Å²) in [6.45, 7) is 0.747. The Balaban J connectivity index is 2.01. The van der Waals surface area contributed by atoms with Gasteiger partial charge in [0.2, 0.25) is 5.69 Å². The van der Waals surface area contributed by atoms with Crippen LogP contribution in [0.4, 0.5) is 5.82 Å². The molecule has 3 rings (SSSR count). The third-order valence-corrected chi connectivity index (χ3v) is 3.19. The molecule has 1 unspecified atom stereocenters. The van der Waals surface area contributed by atoms with Crippen LogP contribution in [0.25, 0.3) is 0 Å². The number of nitrogens with one attached hydrogen (secondary N) is 1. The van der Waals surface area contributed by atoms with E-state index in [4.69, 9.17) is 4.74 Å². The van der Waals surface area contributed by atoms with E-state index in [1.165, 1.54) is 7.11 Å². The number of carbonyl (C=O) groups is 1. The molecular formula is C11H14N6O2. The van der Waals surface area contributed by atoms with E-state index in [-0.39, 0.29) is 11.7 Å². The first kappa shape index (κ1) is 11.7. The highest BCUT2D eigenvalue weighted by Gasteiger charge is 2.29. The lowest BCUT2D eigenvalue weighted by atomic mass is 10.1. The molecule has 8 heteroatoms. The van der Waals surface area contributed by atoms with E-state index >= 15 is 0 Å². The monoisotopic (exact) mass is 262 g/mol. The lowest BCUT2D eigenvalue weighted by Gasteiger charge is -2.24. The smallest absolute Gasteiger partial charge is 0.362 e. The zero-order chi connectivity index (χ0) is 13.4. The highest BCUT2D eigenvalue weighted by atomic mass is 16.5. The fraction of sp³-hybridized carbons (Fsp3) is 0.455. The van der Waals surface area contributed by atoms with Gasteiger partial charge in [0.05, 0.1) is 19.3 Å². The standard InChI is InChI=1S/C11H14N6O2/c1-16-6-7(5-13-16)8-3-4-12-10-9(11(18)19-2)14-15-17(8)10/h5-6,8,12H,3-4H2,1-2H3. The molecule has 0 bridgehead atoms. The van der Waals surface area contributed by atoms with Gasteiger partial charge < -0.3 is 10.1 Å². The minimum absolute atomic E-state index is 0.0378. The van der Waals surface area contributed by atoms with Crippen molar-refractivity contribution in [3.8, 4) is 0 Å². The summed E-state index contributed by atoms with van der Waals surface area (Å²) in [7, 11) is 3.20. The van der Waals surface area contributed by atoms with Crippen molar-refractivity contribution < 1.29 is 9.53 Å². The molecule has 0 fully saturated rings. The van der Waals surface area contributed by atoms with Gasteiger partial charge in [0.25, 0.3) is 0 Å². The van der Waals surface area contributed by atoms with Crippen molar-refractivity contribution in [1.82, 2.24) is 24.8 Å². The summed E-state index contributed by atoms with van der Waals surface area (Å²) in [5.41, 5.74) is 1.27. The predicted octanol–water partition coefficient (Wildman–Crippen LogP) is 0.203. The molecular weight excluding hydrogens is 248 g/mol. The van der Waals surface area contributed by atoms with Crippen molar-refractivity contribution in [2.24, 2.45) is 7.05 Å². The molecule has 1 N–H and O–H groups in total. The second-order valence-corrected chi connectivity index (χ2v) is 4.40. The van der Waals surface area contributed by atoms with E-state index in [0.29, 0.717) is 5.82 Å². The topological polar surface area (TPSA) is 86.9 Å². The lowest BCUT2D eigenvalue weighted by molar-refractivity contribution is 0.0595. The molecule has 1 atom stereocenters. The number of anilines is 1. The molecule has 2 aromatic heterocycles. The summed E-state index contributed by atoms with van der Waals surface area (Å²) in [4.78, 5) is 11.6. The van der Waals surface area contributed by atoms with Gasteiger partial charge in [0, 0.05) is 25.4 Å². The van der Waals surface area contributed by atoms with E-state index < -0.39 is 5.97 Å². The van der Waals surface area contributed by atoms with Gasteiger partial charge in [-0.15, -0.1) is 5.10 Å². The molecule has 0 saturated carbocycles. The number of nitrogens with zero attached hydrogens (tertiary/aromatic N) is 5. The van der Waals surface area contributed by atoms with Crippen LogP contribution in [0.2, 0.25) is 0 Å². The van der Waals surface area contributed by atoms with Crippen LogP contribution in [0.5, 0.6) is 0 Å². The van der Waals surface area contributed by atoms with Crippen LogP contribution in [0.15, 0.2) is 12.4 Å². The Labute approximate surface area is 109 Å². The first-order chi connectivity index (χ1) is 9.20. The van der Waals surface area contributed by atoms with E-state index in [9.17, 15) is 4.79 Å². The first-order valence-corrected chi connectivity index (χ1v) is 5.96. The maximum absolute atomic E-state index is 11.6. The van der Waals surface area contributed by atoms with Crippen molar-refractivity contribution in [2.75, 3.05) is 19.0 Å². The number of rotatable bonds is 2. The quantitative estimate of drug-likeness (QED) is 0.778. The van der Waals surface area contributed by atoms with Crippen molar-refractivity contribution in [3.05, 3.63) is 23.7 Å². The maximum Gasteiger partial charge on any atom is 0.362 e. The first-order valence-electron chi connectivity index (χ1n) is 5.96. The molecule has 19 heavy (non-hydrogen) atoms. The summed E-state index contributed by atoms with van der Waals surface area (Å²) in [5, 5.41) is 15.3. The third-order valence-electron chi connectivity index (χ3n) is 3.19. The van der Waals surface area contributed by atoms with E-state index in [2.05, 4.69) is 20.7 Å². The van der Waals surface area contributed by atoms with Crippen molar-refractivity contribution in [2.45, 2.75) is 12.5 Å². The molecule has 2 aromatic rings. The number of aryl methyl sites for hydroxylation is 1. The number of fused-ring (bicyclic) bond motifs is 1. The van der Waals surface area contributed by atoms with Gasteiger partial charge in [-0.3, -0.25) is 4.68 Å². The van der Waals surface area contributed by atoms with Crippen LogP contribution in [0.3, 0.4) is 0 Å². The maximum atomic E-state index is 11.6. The van der Waals surface area contributed by atoms with Crippen LogP contribution in [0, 0.1) is 0 Å². The largest absolute Gasteiger partial charge is 0.464 e. The summed E-state index contributed by atoms with van der Waals surface area (Å²) in [6.07, 6.45) is 4.61.